The number of nitrogens with one attached hydrogen (secondary N) is 2. The quantitative estimate of drug-likeness (QED) is 0.820. The highest BCUT2D eigenvalue weighted by Crippen LogP contribution is 2.18. The Hall–Kier alpha value is -2.51. The minimum atomic E-state index is -0.266. The predicted octanol–water partition coefficient (Wildman–Crippen LogP) is 2.77. The first-order valence-corrected chi connectivity index (χ1v) is 8.49. The van der Waals surface area contributed by atoms with E-state index < -0.39 is 0 Å². The van der Waals surface area contributed by atoms with Gasteiger partial charge in [0.1, 0.15) is 17.7 Å². The molecule has 2 N–H and O–H groups in total. The summed E-state index contributed by atoms with van der Waals surface area (Å²) in [6.45, 7) is 1.46. The number of pyridine rings is 1. The van der Waals surface area contributed by atoms with Gasteiger partial charge < -0.3 is 14.8 Å². The summed E-state index contributed by atoms with van der Waals surface area (Å²) >= 11 is 5.15. The van der Waals surface area contributed by atoms with Gasteiger partial charge in [0.05, 0.1) is 19.4 Å². The fourth-order valence-electron chi connectivity index (χ4n) is 2.42. The Balaban J connectivity index is 1.50. The predicted molar refractivity (Wildman–Crippen MR) is 98.8 cm³/mol. The summed E-state index contributed by atoms with van der Waals surface area (Å²) < 4.78 is 11.2. The summed E-state index contributed by atoms with van der Waals surface area (Å²) in [4.78, 5) is 16.3. The van der Waals surface area contributed by atoms with Gasteiger partial charge in [-0.1, -0.05) is 18.2 Å². The molecule has 1 aliphatic rings. The fourth-order valence-corrected chi connectivity index (χ4v) is 2.62. The van der Waals surface area contributed by atoms with Crippen molar-refractivity contribution in [2.75, 3.05) is 18.5 Å². The molecule has 1 aromatic carbocycles. The van der Waals surface area contributed by atoms with Crippen LogP contribution in [0, 0.1) is 0 Å². The van der Waals surface area contributed by atoms with E-state index in [0.717, 1.165) is 26.1 Å². The molecule has 130 valence electrons. The minimum absolute atomic E-state index is 0.167. The number of benzene rings is 1. The van der Waals surface area contributed by atoms with Crippen molar-refractivity contribution in [3.8, 4) is 5.75 Å². The molecule has 25 heavy (non-hydrogen) atoms. The second-order valence-corrected chi connectivity index (χ2v) is 5.99. The topological polar surface area (TPSA) is 72.5 Å². The van der Waals surface area contributed by atoms with E-state index in [4.69, 9.17) is 21.7 Å². The molecule has 2 aromatic rings. The van der Waals surface area contributed by atoms with E-state index in [-0.39, 0.29) is 17.1 Å². The van der Waals surface area contributed by atoms with Crippen molar-refractivity contribution in [1.82, 2.24) is 10.3 Å². The van der Waals surface area contributed by atoms with E-state index >= 15 is 0 Å². The van der Waals surface area contributed by atoms with Crippen molar-refractivity contribution in [3.05, 3.63) is 54.2 Å². The van der Waals surface area contributed by atoms with Gasteiger partial charge in [-0.25, -0.2) is 4.98 Å². The van der Waals surface area contributed by atoms with Gasteiger partial charge in [-0.3, -0.25) is 10.1 Å². The second-order valence-electron chi connectivity index (χ2n) is 5.58. The number of nitrogens with zero attached hydrogens (tertiary/aromatic N) is 1. The number of aromatic nitrogens is 1. The van der Waals surface area contributed by atoms with Crippen molar-refractivity contribution >= 4 is 29.1 Å². The fraction of sp³-hybridized carbons (Fsp3) is 0.278. The van der Waals surface area contributed by atoms with Gasteiger partial charge in [-0.2, -0.15) is 0 Å². The van der Waals surface area contributed by atoms with E-state index in [1.165, 1.54) is 0 Å². The molecular weight excluding hydrogens is 338 g/mol. The first-order chi connectivity index (χ1) is 12.2. The largest absolute Gasteiger partial charge is 0.489 e. The summed E-state index contributed by atoms with van der Waals surface area (Å²) in [5.74, 6) is 0.979. The van der Waals surface area contributed by atoms with Crippen LogP contribution in [0.25, 0.3) is 0 Å². The first kappa shape index (κ1) is 17.3. The highest BCUT2D eigenvalue weighted by molar-refractivity contribution is 7.80. The average molecular weight is 357 g/mol. The zero-order valence-electron chi connectivity index (χ0n) is 13.6. The molecule has 2 heterocycles. The molecule has 1 amide bonds. The number of thiocarbonyl (C=S) groups is 1. The molecule has 1 saturated heterocycles. The number of carbonyl (C=O) groups excluding carboxylic acids is 1. The number of rotatable bonds is 4. The molecule has 0 unspecified atom stereocenters. The molecular formula is C18H19N3O3S. The van der Waals surface area contributed by atoms with Crippen molar-refractivity contribution in [1.29, 1.82) is 0 Å². The number of amides is 1. The van der Waals surface area contributed by atoms with Crippen LogP contribution in [-0.4, -0.2) is 35.3 Å². The third-order valence-electron chi connectivity index (χ3n) is 3.71. The lowest BCUT2D eigenvalue weighted by Gasteiger charge is -2.23. The molecule has 0 bridgehead atoms. The highest BCUT2D eigenvalue weighted by Gasteiger charge is 2.15. The highest BCUT2D eigenvalue weighted by atomic mass is 32.1. The molecule has 7 heteroatoms. The van der Waals surface area contributed by atoms with Crippen LogP contribution >= 0.6 is 12.2 Å². The minimum Gasteiger partial charge on any atom is -0.489 e. The molecule has 1 fully saturated rings. The van der Waals surface area contributed by atoms with Gasteiger partial charge in [-0.15, -0.1) is 0 Å². The maximum absolute atomic E-state index is 12.0. The molecule has 3 rings (SSSR count). The summed E-state index contributed by atoms with van der Waals surface area (Å²) in [5.41, 5.74) is 0.541. The van der Waals surface area contributed by atoms with Crippen LogP contribution in [-0.2, 0) is 4.74 Å². The molecule has 0 aliphatic carbocycles. The first-order valence-electron chi connectivity index (χ1n) is 8.08. The Labute approximate surface area is 151 Å². The molecule has 0 saturated carbocycles. The molecule has 1 aliphatic heterocycles. The Morgan fingerprint density at radius 2 is 1.92 bits per heavy atom. The third-order valence-corrected chi connectivity index (χ3v) is 3.92. The van der Waals surface area contributed by atoms with Crippen LogP contribution in [0.3, 0.4) is 0 Å². The van der Waals surface area contributed by atoms with Crippen LogP contribution in [0.4, 0.5) is 5.82 Å². The van der Waals surface area contributed by atoms with E-state index in [9.17, 15) is 4.79 Å². The van der Waals surface area contributed by atoms with Crippen LogP contribution in [0.2, 0.25) is 0 Å². The number of hydrogen-bond donors (Lipinski definition) is 2. The lowest BCUT2D eigenvalue weighted by atomic mass is 10.1. The lowest BCUT2D eigenvalue weighted by molar-refractivity contribution is 0.0254. The molecule has 0 radical (unpaired) electrons. The van der Waals surface area contributed by atoms with E-state index in [2.05, 4.69) is 15.6 Å². The number of carbonyl (C=O) groups is 1. The summed E-state index contributed by atoms with van der Waals surface area (Å²) in [6, 6.07) is 12.5. The van der Waals surface area contributed by atoms with Crippen LogP contribution in [0.1, 0.15) is 23.2 Å². The van der Waals surface area contributed by atoms with Crippen LogP contribution in [0.15, 0.2) is 48.7 Å². The zero-order valence-corrected chi connectivity index (χ0v) is 14.4. The SMILES string of the molecule is O=C(NC(=S)Nc1ccc(OC2CCOCC2)cn1)c1ccccc1. The summed E-state index contributed by atoms with van der Waals surface area (Å²) in [6.07, 6.45) is 3.57. The number of ether oxygens (including phenoxy) is 2. The monoisotopic (exact) mass is 357 g/mol. The van der Waals surface area contributed by atoms with Gasteiger partial charge in [0.15, 0.2) is 5.11 Å². The number of hydrogen-bond acceptors (Lipinski definition) is 5. The maximum Gasteiger partial charge on any atom is 0.257 e. The third kappa shape index (κ3) is 5.23. The lowest BCUT2D eigenvalue weighted by Crippen LogP contribution is -2.34. The van der Waals surface area contributed by atoms with E-state index in [1.54, 1.807) is 36.5 Å². The van der Waals surface area contributed by atoms with Gasteiger partial charge in [0.25, 0.3) is 5.91 Å². The molecule has 1 aromatic heterocycles. The Kier molecular flexibility index (Phi) is 5.92. The molecule has 0 spiro atoms. The number of anilines is 1. The Morgan fingerprint density at radius 1 is 1.16 bits per heavy atom. The van der Waals surface area contributed by atoms with Gasteiger partial charge in [0, 0.05) is 18.4 Å². The van der Waals surface area contributed by atoms with Crippen molar-refractivity contribution in [2.45, 2.75) is 18.9 Å². The zero-order chi connectivity index (χ0) is 17.5. The second kappa shape index (κ2) is 8.55. The van der Waals surface area contributed by atoms with Gasteiger partial charge in [0.2, 0.25) is 0 Å². The van der Waals surface area contributed by atoms with Crippen molar-refractivity contribution in [3.63, 3.8) is 0 Å². The molecule has 6 nitrogen and oxygen atoms in total. The smallest absolute Gasteiger partial charge is 0.257 e. The summed E-state index contributed by atoms with van der Waals surface area (Å²) in [5, 5.41) is 5.70. The Bertz CT molecular complexity index is 716. The van der Waals surface area contributed by atoms with Crippen molar-refractivity contribution in [2.24, 2.45) is 0 Å². The van der Waals surface area contributed by atoms with E-state index in [0.29, 0.717) is 17.1 Å². The molecule has 0 atom stereocenters. The van der Waals surface area contributed by atoms with Crippen LogP contribution < -0.4 is 15.4 Å². The van der Waals surface area contributed by atoms with Crippen molar-refractivity contribution < 1.29 is 14.3 Å². The maximum atomic E-state index is 12.0. The van der Waals surface area contributed by atoms with Gasteiger partial charge in [-0.05, 0) is 36.5 Å². The summed E-state index contributed by atoms with van der Waals surface area (Å²) in [7, 11) is 0. The van der Waals surface area contributed by atoms with Gasteiger partial charge >= 0.3 is 0 Å². The Morgan fingerprint density at radius 3 is 2.60 bits per heavy atom. The normalized spacial score (nSPS) is 14.6. The van der Waals surface area contributed by atoms with Crippen LogP contribution in [0.5, 0.6) is 5.75 Å². The standard InChI is InChI=1S/C18H19N3O3S/c22-17(13-4-2-1-3-5-13)21-18(25)20-16-7-6-15(12-19-16)24-14-8-10-23-11-9-14/h1-7,12,14H,8-11H2,(H2,19,20,21,22,25). The van der Waals surface area contributed by atoms with E-state index in [1.807, 2.05) is 12.1 Å². The average Bonchev–Trinajstić information content (AvgIpc) is 2.65.